The van der Waals surface area contributed by atoms with E-state index in [0.29, 0.717) is 22.0 Å². The minimum atomic E-state index is -3.80. The summed E-state index contributed by atoms with van der Waals surface area (Å²) in [7, 11) is -3.80. The van der Waals surface area contributed by atoms with Crippen molar-refractivity contribution in [1.29, 1.82) is 0 Å². The number of thioether (sulfide) groups is 1. The van der Waals surface area contributed by atoms with Crippen molar-refractivity contribution in [2.45, 2.75) is 22.0 Å². The Morgan fingerprint density at radius 3 is 2.27 bits per heavy atom. The van der Waals surface area contributed by atoms with Crippen LogP contribution in [0.2, 0.25) is 10.0 Å². The second-order valence-corrected chi connectivity index (χ2v) is 10.7. The molecule has 3 aromatic rings. The molecule has 4 N–H and O–H groups in total. The van der Waals surface area contributed by atoms with Gasteiger partial charge in [-0.25, -0.2) is 13.6 Å². The Morgan fingerprint density at radius 2 is 1.64 bits per heavy atom. The molecule has 0 fully saturated rings. The van der Waals surface area contributed by atoms with E-state index >= 15 is 0 Å². The number of carbonyl (C=O) groups excluding carboxylic acids is 2. The van der Waals surface area contributed by atoms with E-state index < -0.39 is 15.3 Å². The molecule has 0 aromatic heterocycles. The van der Waals surface area contributed by atoms with Gasteiger partial charge >= 0.3 is 0 Å². The van der Waals surface area contributed by atoms with Crippen LogP contribution in [0.4, 0.5) is 11.4 Å². The topological polar surface area (TPSA) is 118 Å². The van der Waals surface area contributed by atoms with Crippen LogP contribution in [0.15, 0.2) is 76.5 Å². The summed E-state index contributed by atoms with van der Waals surface area (Å²) in [6, 6.07) is 17.2. The van der Waals surface area contributed by atoms with E-state index in [9.17, 15) is 18.0 Å². The molecule has 0 aliphatic heterocycles. The third kappa shape index (κ3) is 6.96. The number of sulfonamides is 1. The maximum atomic E-state index is 12.5. The van der Waals surface area contributed by atoms with Gasteiger partial charge in [-0.2, -0.15) is 0 Å². The van der Waals surface area contributed by atoms with Crippen molar-refractivity contribution in [2.75, 3.05) is 10.6 Å². The molecule has 2 amide bonds. The van der Waals surface area contributed by atoms with Gasteiger partial charge in [0.05, 0.1) is 20.7 Å². The Bertz CT molecular complexity index is 1300. The largest absolute Gasteiger partial charge is 0.325 e. The summed E-state index contributed by atoms with van der Waals surface area (Å²) in [4.78, 5) is 25.8. The van der Waals surface area contributed by atoms with E-state index in [-0.39, 0.29) is 21.7 Å². The van der Waals surface area contributed by atoms with Gasteiger partial charge in [-0.15, -0.1) is 11.8 Å². The van der Waals surface area contributed by atoms with Crippen molar-refractivity contribution >= 4 is 68.2 Å². The van der Waals surface area contributed by atoms with Crippen molar-refractivity contribution < 1.29 is 18.0 Å². The number of amides is 2. The van der Waals surface area contributed by atoms with Gasteiger partial charge in [-0.3, -0.25) is 9.59 Å². The molecule has 0 spiro atoms. The van der Waals surface area contributed by atoms with E-state index in [2.05, 4.69) is 10.6 Å². The lowest BCUT2D eigenvalue weighted by molar-refractivity contribution is -0.115. The quantitative estimate of drug-likeness (QED) is 0.376. The highest BCUT2D eigenvalue weighted by Gasteiger charge is 2.16. The van der Waals surface area contributed by atoms with Crippen LogP contribution in [0.3, 0.4) is 0 Å². The van der Waals surface area contributed by atoms with E-state index in [0.717, 1.165) is 4.90 Å². The molecule has 0 radical (unpaired) electrons. The summed E-state index contributed by atoms with van der Waals surface area (Å²) in [5.41, 5.74) is 1.28. The van der Waals surface area contributed by atoms with Crippen LogP contribution in [-0.4, -0.2) is 25.5 Å². The van der Waals surface area contributed by atoms with E-state index in [1.54, 1.807) is 37.3 Å². The molecular formula is C22H19Cl2N3O4S2. The SMILES string of the molecule is CC(Sc1cccc(NC(=O)c2ccc(Cl)cc2Cl)c1)C(=O)Nc1ccc(S(N)(=O)=O)cc1. The fourth-order valence-electron chi connectivity index (χ4n) is 2.75. The van der Waals surface area contributed by atoms with Crippen LogP contribution in [0, 0.1) is 0 Å². The van der Waals surface area contributed by atoms with Crippen LogP contribution >= 0.6 is 35.0 Å². The number of benzene rings is 3. The van der Waals surface area contributed by atoms with Gasteiger partial charge < -0.3 is 10.6 Å². The fraction of sp³-hybridized carbons (Fsp3) is 0.0909. The number of nitrogens with one attached hydrogen (secondary N) is 2. The average Bonchev–Trinajstić information content (AvgIpc) is 2.73. The van der Waals surface area contributed by atoms with Crippen molar-refractivity contribution in [2.24, 2.45) is 5.14 Å². The van der Waals surface area contributed by atoms with Crippen LogP contribution in [0.5, 0.6) is 0 Å². The summed E-state index contributed by atoms with van der Waals surface area (Å²) in [6.45, 7) is 1.73. The van der Waals surface area contributed by atoms with Gasteiger partial charge in [-0.05, 0) is 67.6 Å². The smallest absolute Gasteiger partial charge is 0.257 e. The Morgan fingerprint density at radius 1 is 0.939 bits per heavy atom. The van der Waals surface area contributed by atoms with Gasteiger partial charge in [0.2, 0.25) is 15.9 Å². The highest BCUT2D eigenvalue weighted by Crippen LogP contribution is 2.28. The minimum absolute atomic E-state index is 0.0401. The van der Waals surface area contributed by atoms with Crippen molar-refractivity contribution in [3.05, 3.63) is 82.3 Å². The lowest BCUT2D eigenvalue weighted by atomic mass is 10.2. The number of nitrogens with two attached hydrogens (primary N) is 1. The van der Waals surface area contributed by atoms with Crippen molar-refractivity contribution in [3.8, 4) is 0 Å². The number of anilines is 2. The highest BCUT2D eigenvalue weighted by atomic mass is 35.5. The number of carbonyl (C=O) groups is 2. The molecule has 1 unspecified atom stereocenters. The number of rotatable bonds is 7. The van der Waals surface area contributed by atoms with Crippen LogP contribution in [0.1, 0.15) is 17.3 Å². The van der Waals surface area contributed by atoms with Gasteiger partial charge in [0.25, 0.3) is 5.91 Å². The van der Waals surface area contributed by atoms with Gasteiger partial charge in [0.1, 0.15) is 0 Å². The molecule has 11 heteroatoms. The lowest BCUT2D eigenvalue weighted by Crippen LogP contribution is -2.22. The summed E-state index contributed by atoms with van der Waals surface area (Å²) in [5, 5.41) is 10.8. The molecular weight excluding hydrogens is 505 g/mol. The number of primary sulfonamides is 1. The average molecular weight is 524 g/mol. The van der Waals surface area contributed by atoms with Gasteiger partial charge in [0, 0.05) is 21.3 Å². The first-order valence-electron chi connectivity index (χ1n) is 9.50. The Kier molecular flexibility index (Phi) is 8.04. The maximum absolute atomic E-state index is 12.5. The van der Waals surface area contributed by atoms with E-state index in [1.165, 1.54) is 42.1 Å². The first kappa shape index (κ1) is 25.1. The van der Waals surface area contributed by atoms with E-state index in [1.807, 2.05) is 6.07 Å². The molecule has 33 heavy (non-hydrogen) atoms. The van der Waals surface area contributed by atoms with Gasteiger partial charge in [-0.1, -0.05) is 29.3 Å². The molecule has 3 aromatic carbocycles. The second kappa shape index (κ2) is 10.6. The molecule has 0 aliphatic rings. The van der Waals surface area contributed by atoms with Crippen molar-refractivity contribution in [1.82, 2.24) is 0 Å². The van der Waals surface area contributed by atoms with Gasteiger partial charge in [0.15, 0.2) is 0 Å². The standard InChI is InChI=1S/C22H19Cl2N3O4S2/c1-13(21(28)26-15-6-8-18(9-7-15)33(25,30)31)32-17-4-2-3-16(12-17)27-22(29)19-10-5-14(23)11-20(19)24/h2-13H,1H3,(H,26,28)(H,27,29)(H2,25,30,31). The Balaban J connectivity index is 1.63. The molecule has 0 saturated heterocycles. The zero-order chi connectivity index (χ0) is 24.2. The fourth-order valence-corrected chi connectivity index (χ4v) is 4.68. The summed E-state index contributed by atoms with van der Waals surface area (Å²) >= 11 is 13.3. The van der Waals surface area contributed by atoms with Crippen molar-refractivity contribution in [3.63, 3.8) is 0 Å². The first-order valence-corrected chi connectivity index (χ1v) is 12.7. The molecule has 3 rings (SSSR count). The zero-order valence-corrected chi connectivity index (χ0v) is 20.4. The molecule has 0 saturated carbocycles. The highest BCUT2D eigenvalue weighted by molar-refractivity contribution is 8.00. The maximum Gasteiger partial charge on any atom is 0.257 e. The molecule has 172 valence electrons. The number of hydrogen-bond donors (Lipinski definition) is 3. The molecule has 0 heterocycles. The van der Waals surface area contributed by atoms with E-state index in [4.69, 9.17) is 28.3 Å². The first-order chi connectivity index (χ1) is 15.5. The summed E-state index contributed by atoms with van der Waals surface area (Å²) in [6.07, 6.45) is 0. The normalized spacial score (nSPS) is 12.1. The molecule has 1 atom stereocenters. The summed E-state index contributed by atoms with van der Waals surface area (Å²) < 4.78 is 22.7. The summed E-state index contributed by atoms with van der Waals surface area (Å²) in [5.74, 6) is -0.654. The molecule has 0 aliphatic carbocycles. The lowest BCUT2D eigenvalue weighted by Gasteiger charge is -2.13. The van der Waals surface area contributed by atoms with Crippen LogP contribution < -0.4 is 15.8 Å². The third-order valence-corrected chi connectivity index (χ3v) is 6.97. The monoisotopic (exact) mass is 523 g/mol. The Labute approximate surface area is 205 Å². The van der Waals surface area contributed by atoms with Crippen LogP contribution in [-0.2, 0) is 14.8 Å². The predicted molar refractivity (Wildman–Crippen MR) is 133 cm³/mol. The van der Waals surface area contributed by atoms with Crippen LogP contribution in [0.25, 0.3) is 0 Å². The predicted octanol–water partition coefficient (Wildman–Crippen LogP) is 5.01. The Hall–Kier alpha value is -2.56. The zero-order valence-electron chi connectivity index (χ0n) is 17.2. The minimum Gasteiger partial charge on any atom is -0.325 e. The molecule has 0 bridgehead atoms. The number of halogens is 2. The second-order valence-electron chi connectivity index (χ2n) is 6.92. The molecule has 7 nitrogen and oxygen atoms in total. The number of hydrogen-bond acceptors (Lipinski definition) is 5. The third-order valence-electron chi connectivity index (χ3n) is 4.40.